The fourth-order valence-electron chi connectivity index (χ4n) is 1.24. The number of rotatable bonds is 3. The van der Waals surface area contributed by atoms with E-state index in [4.69, 9.17) is 4.74 Å². The Morgan fingerprint density at radius 2 is 1.88 bits per heavy atom. The highest BCUT2D eigenvalue weighted by molar-refractivity contribution is 9.10. The molecule has 0 amide bonds. The summed E-state index contributed by atoms with van der Waals surface area (Å²) in [7, 11) is 5.11. The van der Waals surface area contributed by atoms with Crippen LogP contribution in [0.1, 0.15) is 5.56 Å². The van der Waals surface area contributed by atoms with Crippen LogP contribution in [0.3, 0.4) is 0 Å². The maximum atomic E-state index is 11.6. The summed E-state index contributed by atoms with van der Waals surface area (Å²) in [5.74, 6) is -0.337. The lowest BCUT2D eigenvalue weighted by Crippen LogP contribution is -2.10. The van der Waals surface area contributed by atoms with E-state index in [1.54, 1.807) is 6.20 Å². The van der Waals surface area contributed by atoms with Gasteiger partial charge in [-0.25, -0.2) is 4.79 Å². The van der Waals surface area contributed by atoms with Gasteiger partial charge < -0.3 is 9.64 Å². The van der Waals surface area contributed by atoms with Crippen LogP contribution in [0, 0.1) is 0 Å². The van der Waals surface area contributed by atoms with E-state index in [1.165, 1.54) is 7.11 Å². The van der Waals surface area contributed by atoms with Crippen molar-refractivity contribution in [3.63, 3.8) is 0 Å². The molecule has 4 heteroatoms. The number of carbonyl (C=O) groups is 1. The molecule has 0 heterocycles. The van der Waals surface area contributed by atoms with E-state index in [2.05, 4.69) is 15.9 Å². The van der Waals surface area contributed by atoms with Gasteiger partial charge in [-0.2, -0.15) is 0 Å². The number of carbonyl (C=O) groups excluding carboxylic acids is 1. The average Bonchev–Trinajstić information content (AvgIpc) is 2.26. The van der Waals surface area contributed by atoms with Crippen LogP contribution in [0.2, 0.25) is 0 Å². The minimum absolute atomic E-state index is 0.337. The van der Waals surface area contributed by atoms with Gasteiger partial charge in [-0.15, -0.1) is 0 Å². The van der Waals surface area contributed by atoms with Crippen molar-refractivity contribution in [2.45, 2.75) is 0 Å². The van der Waals surface area contributed by atoms with Crippen molar-refractivity contribution in [1.29, 1.82) is 0 Å². The Morgan fingerprint density at radius 1 is 1.31 bits per heavy atom. The van der Waals surface area contributed by atoms with E-state index >= 15 is 0 Å². The highest BCUT2D eigenvalue weighted by Crippen LogP contribution is 2.19. The second kappa shape index (κ2) is 5.70. The molecule has 1 aromatic carbocycles. The predicted molar refractivity (Wildman–Crippen MR) is 67.8 cm³/mol. The van der Waals surface area contributed by atoms with E-state index in [9.17, 15) is 4.79 Å². The van der Waals surface area contributed by atoms with Crippen molar-refractivity contribution in [2.24, 2.45) is 0 Å². The van der Waals surface area contributed by atoms with Crippen LogP contribution in [-0.2, 0) is 9.53 Å². The van der Waals surface area contributed by atoms with E-state index in [0.717, 1.165) is 10.0 Å². The lowest BCUT2D eigenvalue weighted by atomic mass is 10.1. The average molecular weight is 284 g/mol. The molecule has 0 aromatic heterocycles. The first-order valence-corrected chi connectivity index (χ1v) is 5.56. The molecule has 0 bridgehead atoms. The molecule has 0 aliphatic rings. The number of ether oxygens (including phenoxy) is 1. The zero-order valence-electron chi connectivity index (χ0n) is 9.53. The van der Waals surface area contributed by atoms with Crippen LogP contribution in [-0.4, -0.2) is 32.1 Å². The monoisotopic (exact) mass is 283 g/mol. The Labute approximate surface area is 104 Å². The molecule has 0 radical (unpaired) electrons. The molecule has 0 aliphatic carbocycles. The van der Waals surface area contributed by atoms with Crippen molar-refractivity contribution >= 4 is 27.5 Å². The molecule has 1 rings (SSSR count). The summed E-state index contributed by atoms with van der Waals surface area (Å²) in [5.41, 5.74) is 1.38. The molecule has 86 valence electrons. The third-order valence-electron chi connectivity index (χ3n) is 1.95. The standard InChI is InChI=1S/C12H14BrNO2/c1-14(2)8-11(12(15)16-3)9-4-6-10(13)7-5-9/h4-8H,1-3H3/b11-8+. The topological polar surface area (TPSA) is 29.5 Å². The van der Waals surface area contributed by atoms with Crippen molar-refractivity contribution in [3.05, 3.63) is 40.5 Å². The molecule has 0 unspecified atom stereocenters. The van der Waals surface area contributed by atoms with Crippen LogP contribution in [0.25, 0.3) is 5.57 Å². The maximum absolute atomic E-state index is 11.6. The molecule has 0 N–H and O–H groups in total. The minimum Gasteiger partial charge on any atom is -0.465 e. The van der Waals surface area contributed by atoms with Gasteiger partial charge in [0.2, 0.25) is 0 Å². The molecule has 0 saturated heterocycles. The largest absolute Gasteiger partial charge is 0.465 e. The van der Waals surface area contributed by atoms with E-state index in [1.807, 2.05) is 43.3 Å². The number of esters is 1. The summed E-state index contributed by atoms with van der Waals surface area (Å²) in [5, 5.41) is 0. The normalized spacial score (nSPS) is 11.1. The molecule has 1 aromatic rings. The van der Waals surface area contributed by atoms with Crippen molar-refractivity contribution in [2.75, 3.05) is 21.2 Å². The van der Waals surface area contributed by atoms with Gasteiger partial charge in [-0.3, -0.25) is 0 Å². The number of halogens is 1. The highest BCUT2D eigenvalue weighted by Gasteiger charge is 2.12. The Kier molecular flexibility index (Phi) is 4.55. The maximum Gasteiger partial charge on any atom is 0.339 e. The zero-order valence-corrected chi connectivity index (χ0v) is 11.1. The van der Waals surface area contributed by atoms with E-state index in [-0.39, 0.29) is 5.97 Å². The first-order valence-electron chi connectivity index (χ1n) is 4.77. The minimum atomic E-state index is -0.337. The first-order chi connectivity index (χ1) is 7.54. The van der Waals surface area contributed by atoms with Gasteiger partial charge in [0.25, 0.3) is 0 Å². The van der Waals surface area contributed by atoms with Gasteiger partial charge in [0.1, 0.15) is 0 Å². The summed E-state index contributed by atoms with van der Waals surface area (Å²) in [6.45, 7) is 0. The Hall–Kier alpha value is -1.29. The van der Waals surface area contributed by atoms with Gasteiger partial charge >= 0.3 is 5.97 Å². The lowest BCUT2D eigenvalue weighted by molar-refractivity contribution is -0.133. The molecule has 0 saturated carbocycles. The first kappa shape index (κ1) is 12.8. The van der Waals surface area contributed by atoms with E-state index < -0.39 is 0 Å². The van der Waals surface area contributed by atoms with Gasteiger partial charge in [0.05, 0.1) is 12.7 Å². The number of benzene rings is 1. The molecular formula is C12H14BrNO2. The van der Waals surface area contributed by atoms with Gasteiger partial charge in [-0.1, -0.05) is 28.1 Å². The summed E-state index contributed by atoms with van der Waals surface area (Å²) in [6.07, 6.45) is 1.75. The molecule has 16 heavy (non-hydrogen) atoms. The van der Waals surface area contributed by atoms with E-state index in [0.29, 0.717) is 5.57 Å². The molecule has 3 nitrogen and oxygen atoms in total. The van der Waals surface area contributed by atoms with Crippen LogP contribution in [0.5, 0.6) is 0 Å². The number of hydrogen-bond donors (Lipinski definition) is 0. The summed E-state index contributed by atoms with van der Waals surface area (Å²) >= 11 is 3.35. The fourth-order valence-corrected chi connectivity index (χ4v) is 1.51. The summed E-state index contributed by atoms with van der Waals surface area (Å²) in [4.78, 5) is 13.4. The number of nitrogens with zero attached hydrogens (tertiary/aromatic N) is 1. The third kappa shape index (κ3) is 3.38. The van der Waals surface area contributed by atoms with Crippen LogP contribution in [0.15, 0.2) is 34.9 Å². The molecule has 0 spiro atoms. The zero-order chi connectivity index (χ0) is 12.1. The van der Waals surface area contributed by atoms with Crippen LogP contribution in [0.4, 0.5) is 0 Å². The molecule has 0 fully saturated rings. The van der Waals surface area contributed by atoms with Crippen LogP contribution >= 0.6 is 15.9 Å². The summed E-state index contributed by atoms with van der Waals surface area (Å²) < 4.78 is 5.73. The fraction of sp³-hybridized carbons (Fsp3) is 0.250. The second-order valence-electron chi connectivity index (χ2n) is 3.50. The Balaban J connectivity index is 3.11. The Morgan fingerprint density at radius 3 is 2.31 bits per heavy atom. The van der Waals surface area contributed by atoms with Gasteiger partial charge in [-0.05, 0) is 17.7 Å². The second-order valence-corrected chi connectivity index (χ2v) is 4.42. The molecular weight excluding hydrogens is 270 g/mol. The molecule has 0 aliphatic heterocycles. The number of hydrogen-bond acceptors (Lipinski definition) is 3. The van der Waals surface area contributed by atoms with Crippen molar-refractivity contribution in [1.82, 2.24) is 4.90 Å². The van der Waals surface area contributed by atoms with Gasteiger partial charge in [0.15, 0.2) is 0 Å². The molecule has 0 atom stereocenters. The predicted octanol–water partition coefficient (Wildman–Crippen LogP) is 2.52. The quantitative estimate of drug-likeness (QED) is 0.631. The van der Waals surface area contributed by atoms with Crippen LogP contribution < -0.4 is 0 Å². The SMILES string of the molecule is COC(=O)/C(=C/N(C)C)c1ccc(Br)cc1. The van der Waals surface area contributed by atoms with Crippen molar-refractivity contribution in [3.8, 4) is 0 Å². The summed E-state index contributed by atoms with van der Waals surface area (Å²) in [6, 6.07) is 7.52. The Bertz CT molecular complexity index is 396. The number of methoxy groups -OCH3 is 1. The smallest absolute Gasteiger partial charge is 0.339 e. The van der Waals surface area contributed by atoms with Crippen molar-refractivity contribution < 1.29 is 9.53 Å². The third-order valence-corrected chi connectivity index (χ3v) is 2.48. The van der Waals surface area contributed by atoms with Gasteiger partial charge in [0, 0.05) is 24.8 Å². The lowest BCUT2D eigenvalue weighted by Gasteiger charge is -2.10. The highest BCUT2D eigenvalue weighted by atomic mass is 79.9.